The van der Waals surface area contributed by atoms with Crippen LogP contribution in [0.4, 0.5) is 5.69 Å². The van der Waals surface area contributed by atoms with Gasteiger partial charge >= 0.3 is 5.91 Å². The van der Waals surface area contributed by atoms with Gasteiger partial charge in [-0.15, -0.1) is 10.2 Å². The first-order valence-corrected chi connectivity index (χ1v) is 7.42. The van der Waals surface area contributed by atoms with Gasteiger partial charge in [0, 0.05) is 5.39 Å². The maximum atomic E-state index is 12.5. The fraction of sp³-hybridized carbons (Fsp3) is 0.0526. The highest BCUT2D eigenvalue weighted by atomic mass is 16.2. The van der Waals surface area contributed by atoms with E-state index in [0.29, 0.717) is 17.7 Å². The van der Waals surface area contributed by atoms with Crippen LogP contribution >= 0.6 is 0 Å². The minimum atomic E-state index is -0.786. The van der Waals surface area contributed by atoms with Crippen LogP contribution in [-0.4, -0.2) is 11.7 Å². The summed E-state index contributed by atoms with van der Waals surface area (Å²) in [4.78, 5) is 24.2. The molecule has 0 atom stereocenters. The van der Waals surface area contributed by atoms with Gasteiger partial charge in [-0.1, -0.05) is 48.5 Å². The number of nitrogens with zero attached hydrogens (tertiary/aromatic N) is 2. The fourth-order valence-corrected chi connectivity index (χ4v) is 3.66. The van der Waals surface area contributed by atoms with Crippen LogP contribution in [0.3, 0.4) is 0 Å². The van der Waals surface area contributed by atoms with Gasteiger partial charge in [-0.2, -0.15) is 0 Å². The number of hydrogen-bond donors (Lipinski definition) is 0. The third-order valence-corrected chi connectivity index (χ3v) is 4.61. The summed E-state index contributed by atoms with van der Waals surface area (Å²) in [6.07, 6.45) is 0.646. The molecule has 23 heavy (non-hydrogen) atoms. The summed E-state index contributed by atoms with van der Waals surface area (Å²) in [6.45, 7) is 0. The summed E-state index contributed by atoms with van der Waals surface area (Å²) in [5, 5.41) is 9.47. The van der Waals surface area contributed by atoms with Crippen LogP contribution in [0, 0.1) is 0 Å². The zero-order valence-corrected chi connectivity index (χ0v) is 12.0. The number of azo groups is 1. The molecule has 1 amide bonds. The summed E-state index contributed by atoms with van der Waals surface area (Å²) in [7, 11) is 0. The first kappa shape index (κ1) is 12.4. The summed E-state index contributed by atoms with van der Waals surface area (Å²) < 4.78 is 0. The Labute approximate surface area is 131 Å². The number of ketones is 1. The molecule has 3 aromatic carbocycles. The molecule has 0 saturated carbocycles. The molecule has 5 rings (SSSR count). The number of carbonyl (C=O) groups excluding carboxylic acids is 2. The summed E-state index contributed by atoms with van der Waals surface area (Å²) in [5.41, 5.74) is 5.20. The molecule has 0 spiro atoms. The Morgan fingerprint density at radius 3 is 2.39 bits per heavy atom. The van der Waals surface area contributed by atoms with E-state index < -0.39 is 11.7 Å². The molecule has 2 aliphatic rings. The third-order valence-electron chi connectivity index (χ3n) is 4.61. The molecule has 3 aromatic rings. The highest BCUT2D eigenvalue weighted by molar-refractivity contribution is 6.46. The van der Waals surface area contributed by atoms with Crippen LogP contribution in [0.5, 0.6) is 0 Å². The number of rotatable bonds is 0. The molecule has 0 N–H and O–H groups in total. The monoisotopic (exact) mass is 298 g/mol. The van der Waals surface area contributed by atoms with Crippen LogP contribution in [0.25, 0.3) is 21.9 Å². The molecular weight excluding hydrogens is 288 g/mol. The quantitative estimate of drug-likeness (QED) is 0.456. The molecule has 1 heterocycles. The van der Waals surface area contributed by atoms with E-state index in [2.05, 4.69) is 22.4 Å². The lowest BCUT2D eigenvalue weighted by atomic mass is 9.89. The van der Waals surface area contributed by atoms with Crippen LogP contribution in [-0.2, 0) is 11.2 Å². The van der Waals surface area contributed by atoms with Crippen molar-refractivity contribution in [2.75, 3.05) is 0 Å². The average Bonchev–Trinajstić information content (AvgIpc) is 2.97. The zero-order chi connectivity index (χ0) is 15.6. The molecule has 4 nitrogen and oxygen atoms in total. The Bertz CT molecular complexity index is 1080. The minimum Gasteiger partial charge on any atom is -0.283 e. The van der Waals surface area contributed by atoms with E-state index >= 15 is 0 Å². The van der Waals surface area contributed by atoms with E-state index in [1.807, 2.05) is 36.4 Å². The third kappa shape index (κ3) is 1.50. The number of fused-ring (bicyclic) bond motifs is 8. The molecule has 0 bridgehead atoms. The molecule has 0 saturated heterocycles. The van der Waals surface area contributed by atoms with Crippen molar-refractivity contribution in [1.82, 2.24) is 0 Å². The van der Waals surface area contributed by atoms with Crippen molar-refractivity contribution in [3.05, 3.63) is 65.2 Å². The molecule has 1 aliphatic carbocycles. The lowest BCUT2D eigenvalue weighted by Crippen LogP contribution is -2.17. The van der Waals surface area contributed by atoms with Crippen molar-refractivity contribution in [1.29, 1.82) is 0 Å². The maximum absolute atomic E-state index is 12.5. The van der Waals surface area contributed by atoms with Crippen LogP contribution < -0.4 is 0 Å². The summed E-state index contributed by atoms with van der Waals surface area (Å²) >= 11 is 0. The number of benzene rings is 3. The Hall–Kier alpha value is -3.14. The smallest absolute Gasteiger partial charge is 0.283 e. The molecule has 0 aromatic heterocycles. The second-order valence-corrected chi connectivity index (χ2v) is 5.79. The van der Waals surface area contributed by atoms with Gasteiger partial charge < -0.3 is 0 Å². The zero-order valence-electron chi connectivity index (χ0n) is 12.0. The first-order valence-electron chi connectivity index (χ1n) is 7.42. The second kappa shape index (κ2) is 4.20. The highest BCUT2D eigenvalue weighted by Crippen LogP contribution is 2.48. The Balaban J connectivity index is 2.02. The van der Waals surface area contributed by atoms with Gasteiger partial charge in [0.2, 0.25) is 0 Å². The Kier molecular flexibility index (Phi) is 2.26. The van der Waals surface area contributed by atoms with E-state index in [4.69, 9.17) is 0 Å². The maximum Gasteiger partial charge on any atom is 0.336 e. The lowest BCUT2D eigenvalue weighted by molar-refractivity contribution is -0.114. The Morgan fingerprint density at radius 1 is 0.783 bits per heavy atom. The van der Waals surface area contributed by atoms with Crippen molar-refractivity contribution >= 4 is 28.2 Å². The molecular formula is C19H10N2O2. The van der Waals surface area contributed by atoms with Gasteiger partial charge in [0.1, 0.15) is 5.69 Å². The predicted octanol–water partition coefficient (Wildman–Crippen LogP) is 4.22. The standard InChI is InChI=1S/C19H10N2O2/c22-18-16-14-9-10-5-1-2-6-11(10)15(14)12-7-3-4-8-13(12)17(16)20-21-19(18)23/h1-8H,9H2. The fourth-order valence-electron chi connectivity index (χ4n) is 3.66. The van der Waals surface area contributed by atoms with E-state index in [0.717, 1.165) is 27.5 Å². The van der Waals surface area contributed by atoms with Gasteiger partial charge in [0.15, 0.2) is 0 Å². The average molecular weight is 298 g/mol. The topological polar surface area (TPSA) is 58.9 Å². The molecule has 4 heteroatoms. The van der Waals surface area contributed by atoms with E-state index in [9.17, 15) is 9.59 Å². The Morgan fingerprint density at radius 2 is 1.52 bits per heavy atom. The lowest BCUT2D eigenvalue weighted by Gasteiger charge is -2.16. The first-order chi connectivity index (χ1) is 11.3. The molecule has 0 fully saturated rings. The molecule has 1 aliphatic heterocycles. The predicted molar refractivity (Wildman–Crippen MR) is 86.0 cm³/mol. The van der Waals surface area contributed by atoms with Crippen LogP contribution in [0.2, 0.25) is 0 Å². The van der Waals surface area contributed by atoms with Gasteiger partial charge in [-0.05, 0) is 34.1 Å². The number of amides is 1. The highest BCUT2D eigenvalue weighted by Gasteiger charge is 2.34. The number of Topliss-reactive ketones (excluding diaryl/α,β-unsaturated/α-hetero) is 1. The molecule has 108 valence electrons. The minimum absolute atomic E-state index is 0.426. The van der Waals surface area contributed by atoms with Crippen LogP contribution in [0.1, 0.15) is 21.5 Å². The van der Waals surface area contributed by atoms with Gasteiger partial charge in [-0.3, -0.25) is 9.59 Å². The van der Waals surface area contributed by atoms with Gasteiger partial charge in [-0.25, -0.2) is 0 Å². The van der Waals surface area contributed by atoms with Crippen LogP contribution in [0.15, 0.2) is 58.8 Å². The van der Waals surface area contributed by atoms with Gasteiger partial charge in [0.05, 0.1) is 5.56 Å². The SMILES string of the molecule is O=C1N=Nc2c(c3c(c4ccccc24)-c2ccccc2C3)C1=O. The van der Waals surface area contributed by atoms with Crippen molar-refractivity contribution < 1.29 is 9.59 Å². The van der Waals surface area contributed by atoms with Crippen molar-refractivity contribution in [3.63, 3.8) is 0 Å². The second-order valence-electron chi connectivity index (χ2n) is 5.79. The van der Waals surface area contributed by atoms with Gasteiger partial charge in [0.25, 0.3) is 5.78 Å². The van der Waals surface area contributed by atoms with E-state index in [-0.39, 0.29) is 0 Å². The van der Waals surface area contributed by atoms with Crippen molar-refractivity contribution in [2.24, 2.45) is 10.2 Å². The summed E-state index contributed by atoms with van der Waals surface area (Å²) in [5.74, 6) is -1.34. The largest absolute Gasteiger partial charge is 0.336 e. The summed E-state index contributed by atoms with van der Waals surface area (Å²) in [6, 6.07) is 16.0. The normalized spacial score (nSPS) is 14.8. The molecule has 0 unspecified atom stereocenters. The van der Waals surface area contributed by atoms with Crippen molar-refractivity contribution in [3.8, 4) is 11.1 Å². The number of carbonyl (C=O) groups is 2. The van der Waals surface area contributed by atoms with Crippen molar-refractivity contribution in [2.45, 2.75) is 6.42 Å². The molecule has 0 radical (unpaired) electrons. The number of hydrogen-bond acceptors (Lipinski definition) is 3. The van der Waals surface area contributed by atoms with E-state index in [1.165, 1.54) is 5.56 Å². The van der Waals surface area contributed by atoms with E-state index in [1.54, 1.807) is 0 Å².